The quantitative estimate of drug-likeness (QED) is 0.808. The molecule has 1 aromatic heterocycles. The third-order valence-electron chi connectivity index (χ3n) is 1.96. The minimum Gasteiger partial charge on any atom is -0.368 e. The zero-order chi connectivity index (χ0) is 11.7. The summed E-state index contributed by atoms with van der Waals surface area (Å²) in [6.07, 6.45) is 0.874. The van der Waals surface area contributed by atoms with E-state index in [1.54, 1.807) is 0 Å². The predicted molar refractivity (Wildman–Crippen MR) is 51.8 cm³/mol. The fourth-order valence-electron chi connectivity index (χ4n) is 1.23. The van der Waals surface area contributed by atoms with Crippen LogP contribution in [-0.2, 0) is 0 Å². The van der Waals surface area contributed by atoms with Crippen molar-refractivity contribution in [1.29, 1.82) is 0 Å². The van der Waals surface area contributed by atoms with E-state index in [1.807, 2.05) is 0 Å². The van der Waals surface area contributed by atoms with E-state index in [9.17, 15) is 13.2 Å². The lowest BCUT2D eigenvalue weighted by molar-refractivity contribution is 0.509. The Kier molecular flexibility index (Phi) is 2.47. The Hall–Kier alpha value is -2.11. The molecule has 6 heteroatoms. The van der Waals surface area contributed by atoms with Crippen molar-refractivity contribution in [2.75, 3.05) is 5.73 Å². The largest absolute Gasteiger partial charge is 0.368 e. The van der Waals surface area contributed by atoms with E-state index in [0.717, 1.165) is 18.3 Å². The van der Waals surface area contributed by atoms with Crippen molar-refractivity contribution in [3.63, 3.8) is 0 Å². The molecule has 1 aromatic carbocycles. The molecule has 0 atom stereocenters. The average Bonchev–Trinajstić information content (AvgIpc) is 2.26. The van der Waals surface area contributed by atoms with Gasteiger partial charge in [-0.25, -0.2) is 23.1 Å². The van der Waals surface area contributed by atoms with Gasteiger partial charge >= 0.3 is 0 Å². The summed E-state index contributed by atoms with van der Waals surface area (Å²) < 4.78 is 38.9. The van der Waals surface area contributed by atoms with Crippen LogP contribution in [-0.4, -0.2) is 9.97 Å². The third-order valence-corrected chi connectivity index (χ3v) is 1.96. The van der Waals surface area contributed by atoms with Crippen LogP contribution in [0.3, 0.4) is 0 Å². The minimum absolute atomic E-state index is 0.102. The Labute approximate surface area is 88.8 Å². The maximum atomic E-state index is 13.3. The first-order valence-corrected chi connectivity index (χ1v) is 4.31. The average molecular weight is 225 g/mol. The Morgan fingerprint density at radius 2 is 1.75 bits per heavy atom. The van der Waals surface area contributed by atoms with Gasteiger partial charge in [-0.1, -0.05) is 0 Å². The summed E-state index contributed by atoms with van der Waals surface area (Å²) >= 11 is 0. The lowest BCUT2D eigenvalue weighted by atomic mass is 10.1. The number of anilines is 1. The molecule has 0 unspecified atom stereocenters. The van der Waals surface area contributed by atoms with Gasteiger partial charge in [-0.3, -0.25) is 0 Å². The Morgan fingerprint density at radius 3 is 2.44 bits per heavy atom. The zero-order valence-electron chi connectivity index (χ0n) is 7.92. The van der Waals surface area contributed by atoms with Gasteiger partial charge in [0.05, 0.1) is 6.20 Å². The smallest absolute Gasteiger partial charge is 0.220 e. The second kappa shape index (κ2) is 3.80. The van der Waals surface area contributed by atoms with Crippen molar-refractivity contribution >= 4 is 5.95 Å². The van der Waals surface area contributed by atoms with Gasteiger partial charge in [-0.2, -0.15) is 0 Å². The van der Waals surface area contributed by atoms with Crippen LogP contribution in [0.25, 0.3) is 11.3 Å². The molecule has 0 spiro atoms. The number of nitrogens with two attached hydrogens (primary N) is 1. The summed E-state index contributed by atoms with van der Waals surface area (Å²) in [4.78, 5) is 7.04. The van der Waals surface area contributed by atoms with E-state index in [1.165, 1.54) is 6.07 Å². The standard InChI is InChI=1S/C10H6F3N3/c11-6-2-1-5(3-7(6)12)9-8(13)4-15-10(14)16-9/h1-4H,(H2,14,15,16). The number of nitrogen functional groups attached to an aromatic ring is 1. The molecule has 0 amide bonds. The highest BCUT2D eigenvalue weighted by Gasteiger charge is 2.11. The minimum atomic E-state index is -1.07. The fourth-order valence-corrected chi connectivity index (χ4v) is 1.23. The molecule has 2 N–H and O–H groups in total. The molecule has 16 heavy (non-hydrogen) atoms. The highest BCUT2D eigenvalue weighted by Crippen LogP contribution is 2.22. The third kappa shape index (κ3) is 1.81. The van der Waals surface area contributed by atoms with Gasteiger partial charge in [-0.15, -0.1) is 0 Å². The van der Waals surface area contributed by atoms with Crippen LogP contribution < -0.4 is 5.73 Å². The molecule has 0 saturated heterocycles. The Morgan fingerprint density at radius 1 is 1.00 bits per heavy atom. The van der Waals surface area contributed by atoms with Crippen LogP contribution in [0.2, 0.25) is 0 Å². The first kappa shape index (κ1) is 10.4. The summed E-state index contributed by atoms with van der Waals surface area (Å²) in [6, 6.07) is 2.95. The molecule has 0 bridgehead atoms. The molecule has 2 rings (SSSR count). The second-order valence-electron chi connectivity index (χ2n) is 3.05. The van der Waals surface area contributed by atoms with E-state index in [-0.39, 0.29) is 17.2 Å². The normalized spacial score (nSPS) is 10.4. The van der Waals surface area contributed by atoms with E-state index >= 15 is 0 Å². The number of aromatic nitrogens is 2. The van der Waals surface area contributed by atoms with Gasteiger partial charge in [0, 0.05) is 5.56 Å². The van der Waals surface area contributed by atoms with E-state index in [0.29, 0.717) is 0 Å². The van der Waals surface area contributed by atoms with Crippen molar-refractivity contribution < 1.29 is 13.2 Å². The van der Waals surface area contributed by atoms with Gasteiger partial charge in [0.25, 0.3) is 0 Å². The summed E-state index contributed by atoms with van der Waals surface area (Å²) in [7, 11) is 0. The lowest BCUT2D eigenvalue weighted by Gasteiger charge is -2.03. The molecular weight excluding hydrogens is 219 g/mol. The van der Waals surface area contributed by atoms with Crippen molar-refractivity contribution in [3.8, 4) is 11.3 Å². The summed E-state index contributed by atoms with van der Waals surface area (Å²) in [5, 5.41) is 0. The first-order valence-electron chi connectivity index (χ1n) is 4.31. The first-order chi connectivity index (χ1) is 7.58. The molecule has 0 radical (unpaired) electrons. The number of hydrogen-bond acceptors (Lipinski definition) is 3. The van der Waals surface area contributed by atoms with Crippen molar-refractivity contribution in [1.82, 2.24) is 9.97 Å². The van der Waals surface area contributed by atoms with Gasteiger partial charge in [-0.05, 0) is 18.2 Å². The number of rotatable bonds is 1. The fraction of sp³-hybridized carbons (Fsp3) is 0. The molecule has 0 aliphatic rings. The molecule has 3 nitrogen and oxygen atoms in total. The molecule has 82 valence electrons. The highest BCUT2D eigenvalue weighted by atomic mass is 19.2. The van der Waals surface area contributed by atoms with Crippen LogP contribution in [0, 0.1) is 17.5 Å². The van der Waals surface area contributed by atoms with Gasteiger partial charge < -0.3 is 5.73 Å². The maximum Gasteiger partial charge on any atom is 0.220 e. The molecule has 0 aliphatic carbocycles. The van der Waals surface area contributed by atoms with Crippen LogP contribution in [0.1, 0.15) is 0 Å². The molecule has 0 fully saturated rings. The number of hydrogen-bond donors (Lipinski definition) is 1. The maximum absolute atomic E-state index is 13.3. The van der Waals surface area contributed by atoms with Gasteiger partial charge in [0.1, 0.15) is 5.69 Å². The molecule has 2 aromatic rings. The van der Waals surface area contributed by atoms with Crippen LogP contribution in [0.5, 0.6) is 0 Å². The Bertz CT molecular complexity index is 543. The van der Waals surface area contributed by atoms with Gasteiger partial charge in [0.15, 0.2) is 17.5 Å². The zero-order valence-corrected chi connectivity index (χ0v) is 7.92. The topological polar surface area (TPSA) is 51.8 Å². The van der Waals surface area contributed by atoms with Crippen molar-refractivity contribution in [3.05, 3.63) is 41.8 Å². The SMILES string of the molecule is Nc1ncc(F)c(-c2ccc(F)c(F)c2)n1. The van der Waals surface area contributed by atoms with Crippen LogP contribution in [0.15, 0.2) is 24.4 Å². The number of benzene rings is 1. The summed E-state index contributed by atoms with van der Waals surface area (Å²) in [6.45, 7) is 0. The van der Waals surface area contributed by atoms with Gasteiger partial charge in [0.2, 0.25) is 5.95 Å². The van der Waals surface area contributed by atoms with E-state index in [4.69, 9.17) is 5.73 Å². The molecule has 0 saturated carbocycles. The number of nitrogens with zero attached hydrogens (tertiary/aromatic N) is 2. The Balaban J connectivity index is 2.58. The molecular formula is C10H6F3N3. The highest BCUT2D eigenvalue weighted by molar-refractivity contribution is 5.60. The second-order valence-corrected chi connectivity index (χ2v) is 3.05. The van der Waals surface area contributed by atoms with Crippen LogP contribution >= 0.6 is 0 Å². The van der Waals surface area contributed by atoms with E-state index < -0.39 is 17.5 Å². The van der Waals surface area contributed by atoms with Crippen molar-refractivity contribution in [2.45, 2.75) is 0 Å². The molecule has 1 heterocycles. The summed E-state index contributed by atoms with van der Waals surface area (Å²) in [5.74, 6) is -2.97. The summed E-state index contributed by atoms with van der Waals surface area (Å²) in [5.41, 5.74) is 5.22. The lowest BCUT2D eigenvalue weighted by Crippen LogP contribution is -1.99. The monoisotopic (exact) mass is 225 g/mol. The number of halogens is 3. The van der Waals surface area contributed by atoms with Crippen LogP contribution in [0.4, 0.5) is 19.1 Å². The van der Waals surface area contributed by atoms with Crippen molar-refractivity contribution in [2.24, 2.45) is 0 Å². The molecule has 0 aliphatic heterocycles. The van der Waals surface area contributed by atoms with E-state index in [2.05, 4.69) is 9.97 Å². The predicted octanol–water partition coefficient (Wildman–Crippen LogP) is 2.14.